The highest BCUT2D eigenvalue weighted by Gasteiger charge is 2.32. The average molecular weight is 290 g/mol. The molecule has 0 saturated carbocycles. The number of rotatable bonds is 6. The summed E-state index contributed by atoms with van der Waals surface area (Å²) >= 11 is 0. The van der Waals surface area contributed by atoms with E-state index in [1.165, 1.54) is 0 Å². The Morgan fingerprint density at radius 1 is 1.10 bits per heavy atom. The van der Waals surface area contributed by atoms with Crippen molar-refractivity contribution >= 4 is 5.78 Å². The molecule has 1 aromatic rings. The fraction of sp³-hybridized carbons (Fsp3) is 0.533. The molecule has 1 nitrogen and oxygen atoms in total. The van der Waals surface area contributed by atoms with E-state index < -0.39 is 23.3 Å². The summed E-state index contributed by atoms with van der Waals surface area (Å²) in [4.78, 5) is 12.2. The molecule has 0 aliphatic rings. The molecule has 0 aliphatic heterocycles. The molecule has 1 aromatic carbocycles. The number of halogens is 4. The number of carbonyl (C=O) groups is 1. The molecule has 0 atom stereocenters. The fourth-order valence-electron chi connectivity index (χ4n) is 2.23. The van der Waals surface area contributed by atoms with Crippen molar-refractivity contribution in [3.8, 4) is 0 Å². The number of Topliss-reactive ketones (excluding diaryl/α,β-unsaturated/α-hetero) is 1. The number of hydrogen-bond acceptors (Lipinski definition) is 1. The second-order valence-electron chi connectivity index (χ2n) is 4.86. The summed E-state index contributed by atoms with van der Waals surface area (Å²) in [7, 11) is 0. The van der Waals surface area contributed by atoms with Gasteiger partial charge in [-0.1, -0.05) is 26.7 Å². The Hall–Kier alpha value is -1.39. The van der Waals surface area contributed by atoms with Gasteiger partial charge in [-0.05, 0) is 31.0 Å². The van der Waals surface area contributed by atoms with Gasteiger partial charge in [0.25, 0.3) is 0 Å². The van der Waals surface area contributed by atoms with Crippen molar-refractivity contribution in [1.82, 2.24) is 0 Å². The summed E-state index contributed by atoms with van der Waals surface area (Å²) in [6.45, 7) is 3.81. The lowest BCUT2D eigenvalue weighted by atomic mass is 9.89. The van der Waals surface area contributed by atoms with Crippen LogP contribution in [-0.4, -0.2) is 5.78 Å². The van der Waals surface area contributed by atoms with E-state index in [0.29, 0.717) is 18.9 Å². The molecule has 0 fully saturated rings. The molecule has 0 spiro atoms. The standard InChI is InChI=1S/C15H18F4O/c1-3-5-10(6-4-2)14(20)11-7-12(15(17,18)19)9-13(16)8-11/h7-10H,3-6H2,1-2H3. The Balaban J connectivity index is 3.11. The van der Waals surface area contributed by atoms with Gasteiger partial charge in [0.1, 0.15) is 5.82 Å². The number of carbonyl (C=O) groups excluding carboxylic acids is 1. The van der Waals surface area contributed by atoms with Crippen molar-refractivity contribution in [3.05, 3.63) is 35.1 Å². The predicted octanol–water partition coefficient (Wildman–Crippen LogP) is 5.24. The number of benzene rings is 1. The molecule has 0 unspecified atom stereocenters. The maximum Gasteiger partial charge on any atom is 0.416 e. The second-order valence-corrected chi connectivity index (χ2v) is 4.86. The zero-order valence-corrected chi connectivity index (χ0v) is 11.6. The summed E-state index contributed by atoms with van der Waals surface area (Å²) in [6.07, 6.45) is -1.92. The van der Waals surface area contributed by atoms with E-state index in [4.69, 9.17) is 0 Å². The lowest BCUT2D eigenvalue weighted by molar-refractivity contribution is -0.137. The number of alkyl halides is 3. The Morgan fingerprint density at radius 2 is 1.65 bits per heavy atom. The SMILES string of the molecule is CCCC(CCC)C(=O)c1cc(F)cc(C(F)(F)F)c1. The quantitative estimate of drug-likeness (QED) is 0.517. The maximum atomic E-state index is 13.3. The van der Waals surface area contributed by atoms with Gasteiger partial charge in [0.05, 0.1) is 5.56 Å². The van der Waals surface area contributed by atoms with Crippen molar-refractivity contribution in [2.24, 2.45) is 5.92 Å². The smallest absolute Gasteiger partial charge is 0.294 e. The predicted molar refractivity (Wildman–Crippen MR) is 69.0 cm³/mol. The lowest BCUT2D eigenvalue weighted by Crippen LogP contribution is -2.16. The van der Waals surface area contributed by atoms with Crippen LogP contribution in [0, 0.1) is 11.7 Å². The molecule has 0 radical (unpaired) electrons. The number of ketones is 1. The van der Waals surface area contributed by atoms with Gasteiger partial charge in [0.15, 0.2) is 5.78 Å². The van der Waals surface area contributed by atoms with Gasteiger partial charge in [-0.3, -0.25) is 4.79 Å². The Labute approximate surface area is 116 Å². The van der Waals surface area contributed by atoms with Crippen LogP contribution in [0.3, 0.4) is 0 Å². The van der Waals surface area contributed by atoms with Gasteiger partial charge in [-0.25, -0.2) is 4.39 Å². The van der Waals surface area contributed by atoms with Gasteiger partial charge in [0.2, 0.25) is 0 Å². The minimum atomic E-state index is -4.65. The summed E-state index contributed by atoms with van der Waals surface area (Å²) < 4.78 is 51.2. The minimum Gasteiger partial charge on any atom is -0.294 e. The molecule has 0 amide bonds. The van der Waals surface area contributed by atoms with E-state index in [9.17, 15) is 22.4 Å². The van der Waals surface area contributed by atoms with Crippen LogP contribution in [0.2, 0.25) is 0 Å². The monoisotopic (exact) mass is 290 g/mol. The van der Waals surface area contributed by atoms with E-state index in [2.05, 4.69) is 0 Å². The molecule has 0 bridgehead atoms. The summed E-state index contributed by atoms with van der Waals surface area (Å²) in [6, 6.07) is 2.03. The molecule has 5 heteroatoms. The van der Waals surface area contributed by atoms with Crippen LogP contribution in [0.1, 0.15) is 55.5 Å². The van der Waals surface area contributed by atoms with Crippen molar-refractivity contribution in [3.63, 3.8) is 0 Å². The molecule has 112 valence electrons. The molecule has 20 heavy (non-hydrogen) atoms. The van der Waals surface area contributed by atoms with Gasteiger partial charge >= 0.3 is 6.18 Å². The van der Waals surface area contributed by atoms with Crippen LogP contribution < -0.4 is 0 Å². The first-order valence-electron chi connectivity index (χ1n) is 6.71. The fourth-order valence-corrected chi connectivity index (χ4v) is 2.23. The van der Waals surface area contributed by atoms with Crippen LogP contribution in [0.4, 0.5) is 17.6 Å². The highest BCUT2D eigenvalue weighted by atomic mass is 19.4. The van der Waals surface area contributed by atoms with Crippen molar-refractivity contribution < 1.29 is 22.4 Å². The Bertz CT molecular complexity index is 459. The van der Waals surface area contributed by atoms with Crippen LogP contribution in [-0.2, 0) is 6.18 Å². The average Bonchev–Trinajstić information content (AvgIpc) is 2.36. The molecular weight excluding hydrogens is 272 g/mol. The molecule has 1 rings (SSSR count). The largest absolute Gasteiger partial charge is 0.416 e. The highest BCUT2D eigenvalue weighted by molar-refractivity contribution is 5.98. The summed E-state index contributed by atoms with van der Waals surface area (Å²) in [5.74, 6) is -1.78. The second kappa shape index (κ2) is 6.86. The van der Waals surface area contributed by atoms with Crippen molar-refractivity contribution in [2.75, 3.05) is 0 Å². The third kappa shape index (κ3) is 4.32. The van der Waals surface area contributed by atoms with Crippen molar-refractivity contribution in [2.45, 2.75) is 45.7 Å². The lowest BCUT2D eigenvalue weighted by Gasteiger charge is -2.15. The van der Waals surface area contributed by atoms with E-state index in [-0.39, 0.29) is 11.5 Å². The molecule has 0 aliphatic carbocycles. The van der Waals surface area contributed by atoms with Gasteiger partial charge < -0.3 is 0 Å². The summed E-state index contributed by atoms with van der Waals surface area (Å²) in [5.41, 5.74) is -1.31. The third-order valence-electron chi connectivity index (χ3n) is 3.15. The van der Waals surface area contributed by atoms with Crippen molar-refractivity contribution in [1.29, 1.82) is 0 Å². The van der Waals surface area contributed by atoms with E-state index in [1.807, 2.05) is 13.8 Å². The zero-order chi connectivity index (χ0) is 15.3. The Kier molecular flexibility index (Phi) is 5.72. The van der Waals surface area contributed by atoms with E-state index in [1.54, 1.807) is 0 Å². The maximum absolute atomic E-state index is 13.3. The molecule has 0 N–H and O–H groups in total. The molecule has 0 saturated heterocycles. The van der Waals surface area contributed by atoms with Gasteiger partial charge in [0, 0.05) is 11.5 Å². The molecular formula is C15H18F4O. The van der Waals surface area contributed by atoms with Crippen LogP contribution in [0.15, 0.2) is 18.2 Å². The van der Waals surface area contributed by atoms with Gasteiger partial charge in [-0.15, -0.1) is 0 Å². The first kappa shape index (κ1) is 16.7. The highest BCUT2D eigenvalue weighted by Crippen LogP contribution is 2.31. The first-order valence-corrected chi connectivity index (χ1v) is 6.71. The van der Waals surface area contributed by atoms with Crippen LogP contribution in [0.25, 0.3) is 0 Å². The first-order chi connectivity index (χ1) is 9.29. The molecule has 0 heterocycles. The van der Waals surface area contributed by atoms with Crippen LogP contribution in [0.5, 0.6) is 0 Å². The van der Waals surface area contributed by atoms with Crippen LogP contribution >= 0.6 is 0 Å². The topological polar surface area (TPSA) is 17.1 Å². The Morgan fingerprint density at radius 3 is 2.10 bits per heavy atom. The zero-order valence-electron chi connectivity index (χ0n) is 11.6. The van der Waals surface area contributed by atoms with E-state index in [0.717, 1.165) is 25.0 Å². The normalized spacial score (nSPS) is 11.9. The van der Waals surface area contributed by atoms with E-state index >= 15 is 0 Å². The van der Waals surface area contributed by atoms with Gasteiger partial charge in [-0.2, -0.15) is 13.2 Å². The summed E-state index contributed by atoms with van der Waals surface area (Å²) in [5, 5.41) is 0. The number of hydrogen-bond donors (Lipinski definition) is 0. The third-order valence-corrected chi connectivity index (χ3v) is 3.15. The minimum absolute atomic E-state index is 0.191. The molecule has 0 aromatic heterocycles.